The van der Waals surface area contributed by atoms with E-state index >= 15 is 0 Å². The number of esters is 1. The first-order valence-electron chi connectivity index (χ1n) is 20.2. The lowest BCUT2D eigenvalue weighted by molar-refractivity contribution is -0.343. The van der Waals surface area contributed by atoms with Gasteiger partial charge in [-0.1, -0.05) is 27.7 Å². The van der Waals surface area contributed by atoms with E-state index in [1.807, 2.05) is 27.7 Å². The van der Waals surface area contributed by atoms with Crippen LogP contribution in [0.2, 0.25) is 0 Å². The summed E-state index contributed by atoms with van der Waals surface area (Å²) in [6, 6.07) is 0. The number of Topliss-reactive ketones (excluding diaryl/α,β-unsaturated/α-hetero) is 1. The van der Waals surface area contributed by atoms with Crippen LogP contribution < -0.4 is 0 Å². The SMILES string of the molecule is CC[C@@H](C)C(=O)O[C@@H]1[C@@H](O)[C@@H]2[C@@]3(C)CC[C@H](O[C@H]4C[C@@H](OC)[C@H](O[C@@H]5O[C@H](C)[C@@H](O)[C@@H](OC)[C@H]5O)[C@@H](C)O4)C[C@@H]3CC[C@]23O[C@@]32CC[C@@H](C(C)=O)[C@@]12C. The van der Waals surface area contributed by atoms with Crippen molar-refractivity contribution in [2.75, 3.05) is 14.2 Å². The van der Waals surface area contributed by atoms with Crippen LogP contribution >= 0.6 is 0 Å². The molecular formula is C40H64O13. The molecule has 0 aromatic rings. The molecule has 0 radical (unpaired) electrons. The molecule has 0 amide bonds. The topological polar surface area (TPSA) is 172 Å². The van der Waals surface area contributed by atoms with Crippen molar-refractivity contribution in [1.29, 1.82) is 0 Å². The number of carbonyl (C=O) groups is 2. The van der Waals surface area contributed by atoms with Gasteiger partial charge in [-0.2, -0.15) is 0 Å². The quantitative estimate of drug-likeness (QED) is 0.169. The van der Waals surface area contributed by atoms with Gasteiger partial charge < -0.3 is 53.2 Å². The Kier molecular flexibility index (Phi) is 10.8. The average Bonchev–Trinajstić information content (AvgIpc) is 3.66. The largest absolute Gasteiger partial charge is 0.459 e. The molecule has 3 N–H and O–H groups in total. The number of aliphatic hydroxyl groups excluding tert-OH is 3. The summed E-state index contributed by atoms with van der Waals surface area (Å²) >= 11 is 0. The molecule has 7 rings (SSSR count). The maximum Gasteiger partial charge on any atom is 0.309 e. The van der Waals surface area contributed by atoms with Crippen molar-refractivity contribution in [2.24, 2.45) is 34.5 Å². The maximum atomic E-state index is 13.4. The molecule has 3 saturated heterocycles. The molecule has 2 spiro atoms. The molecule has 0 aromatic carbocycles. The van der Waals surface area contributed by atoms with Crippen molar-refractivity contribution in [3.63, 3.8) is 0 Å². The number of hydrogen-bond donors (Lipinski definition) is 3. The molecule has 53 heavy (non-hydrogen) atoms. The van der Waals surface area contributed by atoms with E-state index in [-0.39, 0.29) is 46.9 Å². The smallest absolute Gasteiger partial charge is 0.309 e. The van der Waals surface area contributed by atoms with E-state index in [4.69, 9.17) is 37.9 Å². The molecule has 0 aromatic heterocycles. The monoisotopic (exact) mass is 752 g/mol. The Balaban J connectivity index is 1.05. The summed E-state index contributed by atoms with van der Waals surface area (Å²) in [7, 11) is 3.05. The molecule has 13 heteroatoms. The van der Waals surface area contributed by atoms with Crippen LogP contribution in [0.5, 0.6) is 0 Å². The fourth-order valence-electron chi connectivity index (χ4n) is 12.4. The van der Waals surface area contributed by atoms with E-state index in [0.717, 1.165) is 38.5 Å². The van der Waals surface area contributed by atoms with Crippen LogP contribution in [0.3, 0.4) is 0 Å². The Bertz CT molecular complexity index is 1380. The zero-order valence-electron chi connectivity index (χ0n) is 33.0. The highest BCUT2D eigenvalue weighted by molar-refractivity contribution is 5.81. The zero-order chi connectivity index (χ0) is 38.4. The Hall–Kier alpha value is -1.26. The Morgan fingerprint density at radius 2 is 1.60 bits per heavy atom. The van der Waals surface area contributed by atoms with Gasteiger partial charge in [-0.25, -0.2) is 0 Å². The second kappa shape index (κ2) is 14.3. The van der Waals surface area contributed by atoms with Gasteiger partial charge in [-0.05, 0) is 83.5 Å². The molecule has 302 valence electrons. The number of epoxide rings is 1. The predicted octanol–water partition coefficient (Wildman–Crippen LogP) is 3.45. The fourth-order valence-corrected chi connectivity index (χ4v) is 12.4. The minimum atomic E-state index is -1.20. The second-order valence-corrected chi connectivity index (χ2v) is 18.0. The Labute approximate surface area is 314 Å². The molecule has 0 unspecified atom stereocenters. The molecule has 13 nitrogen and oxygen atoms in total. The van der Waals surface area contributed by atoms with Gasteiger partial charge >= 0.3 is 5.97 Å². The van der Waals surface area contributed by atoms with Crippen molar-refractivity contribution in [3.05, 3.63) is 0 Å². The summed E-state index contributed by atoms with van der Waals surface area (Å²) in [5.74, 6) is -0.943. The fraction of sp³-hybridized carbons (Fsp3) is 0.950. The highest BCUT2D eigenvalue weighted by Gasteiger charge is 2.91. The number of ketones is 1. The van der Waals surface area contributed by atoms with E-state index in [1.165, 1.54) is 7.11 Å². The van der Waals surface area contributed by atoms with Crippen molar-refractivity contribution < 1.29 is 62.8 Å². The first kappa shape index (κ1) is 40.0. The lowest BCUT2D eigenvalue weighted by Gasteiger charge is -2.61. The van der Waals surface area contributed by atoms with Crippen LogP contribution in [-0.2, 0) is 47.5 Å². The van der Waals surface area contributed by atoms with E-state index < -0.39 is 84.1 Å². The number of ether oxygens (including phenoxy) is 8. The van der Waals surface area contributed by atoms with Crippen LogP contribution in [-0.4, -0.2) is 126 Å². The standard InChI is InChI=1S/C40H64O13/c1-10-19(2)35(45)52-34-30(44)33-37(6)14-12-24(17-23(37)11-15-39(33)40(53-39)16-13-25(20(3)41)38(34,40)7)50-27-18-26(46-8)31(22(5)48-27)51-36-29(43)32(47-9)28(42)21(4)49-36/h19,21-34,36,42-44H,10-18H2,1-9H3/t19-,21-,22-,23+,24+,25+,26-,27+,28-,29-,30+,31-,32-,33-,34-,36+,37+,38+,39+,40-/m1/s1. The lowest BCUT2D eigenvalue weighted by atomic mass is 9.43. The van der Waals surface area contributed by atoms with Gasteiger partial charge in [0.25, 0.3) is 0 Å². The van der Waals surface area contributed by atoms with E-state index in [0.29, 0.717) is 19.3 Å². The Morgan fingerprint density at radius 1 is 0.868 bits per heavy atom. The highest BCUT2D eigenvalue weighted by atomic mass is 16.7. The summed E-state index contributed by atoms with van der Waals surface area (Å²) in [6.45, 7) is 13.3. The molecule has 4 saturated carbocycles. The van der Waals surface area contributed by atoms with Crippen molar-refractivity contribution >= 4 is 11.8 Å². The molecule has 7 fully saturated rings. The first-order valence-corrected chi connectivity index (χ1v) is 20.2. The van der Waals surface area contributed by atoms with Gasteiger partial charge in [0.05, 0.1) is 36.4 Å². The predicted molar refractivity (Wildman–Crippen MR) is 188 cm³/mol. The van der Waals surface area contributed by atoms with Crippen LogP contribution in [0, 0.1) is 34.5 Å². The van der Waals surface area contributed by atoms with Crippen LogP contribution in [0.1, 0.15) is 106 Å². The Morgan fingerprint density at radius 3 is 2.26 bits per heavy atom. The summed E-state index contributed by atoms with van der Waals surface area (Å²) in [5, 5.41) is 33.8. The van der Waals surface area contributed by atoms with E-state index in [9.17, 15) is 24.9 Å². The van der Waals surface area contributed by atoms with E-state index in [1.54, 1.807) is 21.0 Å². The number of methoxy groups -OCH3 is 2. The number of aliphatic hydroxyl groups is 3. The van der Waals surface area contributed by atoms with Gasteiger partial charge in [0.2, 0.25) is 0 Å². The van der Waals surface area contributed by atoms with Crippen molar-refractivity contribution in [2.45, 2.75) is 191 Å². The number of fused-ring (bicyclic) bond motifs is 2. The van der Waals surface area contributed by atoms with Crippen LogP contribution in [0.15, 0.2) is 0 Å². The molecule has 0 bridgehead atoms. The summed E-state index contributed by atoms with van der Waals surface area (Å²) in [5.41, 5.74) is -2.26. The highest BCUT2D eigenvalue weighted by Crippen LogP contribution is 2.81. The molecule has 4 aliphatic carbocycles. The van der Waals surface area contributed by atoms with Crippen LogP contribution in [0.4, 0.5) is 0 Å². The molecule has 7 aliphatic rings. The summed E-state index contributed by atoms with van der Waals surface area (Å²) in [6.07, 6.45) is -2.02. The third-order valence-electron chi connectivity index (χ3n) is 15.5. The van der Waals surface area contributed by atoms with Gasteiger partial charge in [-0.3, -0.25) is 9.59 Å². The normalized spacial score (nSPS) is 53.8. The van der Waals surface area contributed by atoms with E-state index in [2.05, 4.69) is 6.92 Å². The first-order chi connectivity index (χ1) is 25.0. The second-order valence-electron chi connectivity index (χ2n) is 18.0. The van der Waals surface area contributed by atoms with Crippen molar-refractivity contribution in [1.82, 2.24) is 0 Å². The lowest BCUT2D eigenvalue weighted by Crippen LogP contribution is -2.70. The molecule has 3 heterocycles. The third-order valence-corrected chi connectivity index (χ3v) is 15.5. The number of carbonyl (C=O) groups excluding carboxylic acids is 2. The third kappa shape index (κ3) is 5.92. The summed E-state index contributed by atoms with van der Waals surface area (Å²) < 4.78 is 49.7. The van der Waals surface area contributed by atoms with Gasteiger partial charge in [-0.15, -0.1) is 0 Å². The van der Waals surface area contributed by atoms with Gasteiger partial charge in [0.1, 0.15) is 47.5 Å². The molecule has 3 aliphatic heterocycles. The zero-order valence-corrected chi connectivity index (χ0v) is 33.0. The average molecular weight is 753 g/mol. The minimum Gasteiger partial charge on any atom is -0.459 e. The van der Waals surface area contributed by atoms with Gasteiger partial charge in [0, 0.05) is 37.9 Å². The van der Waals surface area contributed by atoms with Crippen LogP contribution in [0.25, 0.3) is 0 Å². The number of rotatable bonds is 10. The maximum absolute atomic E-state index is 13.4. The molecule has 20 atom stereocenters. The number of hydrogen-bond acceptors (Lipinski definition) is 13. The minimum absolute atomic E-state index is 0.0599. The van der Waals surface area contributed by atoms with Gasteiger partial charge in [0.15, 0.2) is 12.6 Å². The van der Waals surface area contributed by atoms with Crippen molar-refractivity contribution in [3.8, 4) is 0 Å². The molecular weight excluding hydrogens is 688 g/mol. The summed E-state index contributed by atoms with van der Waals surface area (Å²) in [4.78, 5) is 26.5.